The molecule has 0 spiro atoms. The van der Waals surface area contributed by atoms with Crippen LogP contribution >= 0.6 is 0 Å². The van der Waals surface area contributed by atoms with Crippen molar-refractivity contribution in [1.29, 1.82) is 0 Å². The third-order valence-electron chi connectivity index (χ3n) is 6.66. The van der Waals surface area contributed by atoms with Crippen LogP contribution in [0.15, 0.2) is 28.5 Å². The second-order valence-corrected chi connectivity index (χ2v) is 12.7. The van der Waals surface area contributed by atoms with Gasteiger partial charge in [0.15, 0.2) is 0 Å². The third kappa shape index (κ3) is 3.67. The molecule has 2 atom stereocenters. The summed E-state index contributed by atoms with van der Waals surface area (Å²) in [4.78, 5) is 3.78. The minimum Gasteiger partial charge on any atom is -1.00 e. The maximum Gasteiger partial charge on any atom is -1.00 e. The van der Waals surface area contributed by atoms with Gasteiger partial charge in [-0.15, -0.1) is 0 Å². The molecule has 0 bridgehead atoms. The smallest absolute Gasteiger partial charge is 1.00 e. The van der Waals surface area contributed by atoms with Gasteiger partial charge < -0.3 is 24.8 Å². The molecule has 27 heavy (non-hydrogen) atoms. The van der Waals surface area contributed by atoms with Crippen molar-refractivity contribution in [1.82, 2.24) is 4.98 Å². The zero-order valence-corrected chi connectivity index (χ0v) is 21.7. The van der Waals surface area contributed by atoms with Gasteiger partial charge in [0.25, 0.3) is 0 Å². The van der Waals surface area contributed by atoms with Crippen molar-refractivity contribution in [3.63, 3.8) is 0 Å². The minimum atomic E-state index is -0.308. The number of hydrogen-bond donors (Lipinski definition) is 1. The predicted octanol–water partition coefficient (Wildman–Crippen LogP) is 0.191. The molecule has 1 N–H and O–H groups in total. The van der Waals surface area contributed by atoms with Gasteiger partial charge in [0.1, 0.15) is 0 Å². The quantitative estimate of drug-likeness (QED) is 0.628. The van der Waals surface area contributed by atoms with Crippen molar-refractivity contribution in [2.24, 2.45) is 5.92 Å². The molecular weight excluding hydrogens is 409 g/mol. The van der Waals surface area contributed by atoms with Crippen LogP contribution in [0, 0.1) is 5.92 Å². The Morgan fingerprint density at radius 2 is 1.52 bits per heavy atom. The monoisotopic (exact) mass is 443 g/mol. The van der Waals surface area contributed by atoms with E-state index in [0.717, 1.165) is 5.92 Å². The number of fused-ring (bicyclic) bond motifs is 1. The number of H-pyrrole nitrogens is 1. The molecule has 1 fully saturated rings. The molecule has 1 aromatic heterocycles. The van der Waals surface area contributed by atoms with E-state index in [2.05, 4.69) is 80.4 Å². The molecule has 0 amide bonds. The van der Waals surface area contributed by atoms with Crippen LogP contribution < -0.4 is 28.8 Å². The van der Waals surface area contributed by atoms with Crippen molar-refractivity contribution in [2.75, 3.05) is 0 Å². The fourth-order valence-corrected chi connectivity index (χ4v) is 8.67. The summed E-state index contributed by atoms with van der Waals surface area (Å²) >= 11 is -0.308. The fraction of sp³-hybridized carbons (Fsp3) is 0.652. The molecule has 2 aliphatic rings. The number of halogens is 2. The van der Waals surface area contributed by atoms with Gasteiger partial charge in [0, 0.05) is 0 Å². The first-order chi connectivity index (χ1) is 11.3. The maximum atomic E-state index is 3.78. The first-order valence-electron chi connectivity index (χ1n) is 9.71. The fourth-order valence-electron chi connectivity index (χ4n) is 5.02. The topological polar surface area (TPSA) is 15.8 Å². The molecule has 0 saturated heterocycles. The first-order valence-corrected chi connectivity index (χ1v) is 11.3. The Bertz CT molecular complexity index is 766. The molecule has 150 valence electrons. The van der Waals surface area contributed by atoms with E-state index in [1.807, 2.05) is 0 Å². The van der Waals surface area contributed by atoms with Crippen molar-refractivity contribution in [2.45, 2.75) is 90.2 Å². The van der Waals surface area contributed by atoms with Crippen molar-refractivity contribution in [3.05, 3.63) is 39.6 Å². The second-order valence-electron chi connectivity index (χ2n) is 10.3. The molecule has 2 aliphatic carbocycles. The minimum absolute atomic E-state index is 0. The van der Waals surface area contributed by atoms with Crippen LogP contribution in [0.4, 0.5) is 0 Å². The van der Waals surface area contributed by atoms with Crippen LogP contribution in [0.5, 0.6) is 0 Å². The van der Waals surface area contributed by atoms with Crippen LogP contribution in [-0.4, -0.2) is 4.98 Å². The predicted molar refractivity (Wildman–Crippen MR) is 105 cm³/mol. The van der Waals surface area contributed by atoms with Crippen LogP contribution in [-0.2, 0) is 30.0 Å². The molecule has 1 aromatic rings. The summed E-state index contributed by atoms with van der Waals surface area (Å²) in [6, 6.07) is 0. The van der Waals surface area contributed by atoms with Crippen molar-refractivity contribution < 1.29 is 44.0 Å². The van der Waals surface area contributed by atoms with Gasteiger partial charge in [-0.3, -0.25) is 0 Å². The Kier molecular flexibility index (Phi) is 7.17. The summed E-state index contributed by atoms with van der Waals surface area (Å²) in [5.74, 6) is 0.795. The van der Waals surface area contributed by atoms with Crippen molar-refractivity contribution in [3.8, 4) is 0 Å². The summed E-state index contributed by atoms with van der Waals surface area (Å²) < 4.78 is 1.98. The maximum absolute atomic E-state index is 3.78. The van der Waals surface area contributed by atoms with E-state index in [0.29, 0.717) is 3.72 Å². The van der Waals surface area contributed by atoms with Crippen molar-refractivity contribution >= 4 is 4.00 Å². The van der Waals surface area contributed by atoms with E-state index in [4.69, 9.17) is 0 Å². The molecule has 2 unspecified atom stereocenters. The van der Waals surface area contributed by atoms with Gasteiger partial charge in [-0.1, -0.05) is 0 Å². The number of rotatable bonds is 2. The van der Waals surface area contributed by atoms with E-state index in [1.165, 1.54) is 12.0 Å². The Morgan fingerprint density at radius 1 is 0.963 bits per heavy atom. The molecule has 1 heterocycles. The van der Waals surface area contributed by atoms with Crippen LogP contribution in [0.2, 0.25) is 3.72 Å². The summed E-state index contributed by atoms with van der Waals surface area (Å²) in [5.41, 5.74) is 10.1. The standard InChI is InChI=1S/C12H20N.C11H15.2ClH.Ti/c1-11(2,3)9-7-13-8-10(9)12(4,5)6;1-6-5-10-8(3)7(2)9(4)11(6)10;;;/h7,13H,1-6H3;6H,5H2,1-4H3;2*1H;/q;;;;+2/p-2. The number of allylic oxidation sites excluding steroid dienone is 4. The molecule has 0 aliphatic heterocycles. The normalized spacial score (nSPS) is 24.7. The molecule has 0 aromatic carbocycles. The Morgan fingerprint density at radius 3 is 1.93 bits per heavy atom. The molecule has 0 radical (unpaired) electrons. The average Bonchev–Trinajstić information content (AvgIpc) is 2.96. The SMILES string of the molecule is CC1=C(C)[C]2([Ti+2][c]3[nH]cc(C(C)(C)C)c3C(C)(C)C)C(=C1C)CC2C.[Cl-].[Cl-]. The third-order valence-corrected chi connectivity index (χ3v) is 10.1. The second kappa shape index (κ2) is 7.71. The van der Waals surface area contributed by atoms with Gasteiger partial charge >= 0.3 is 164 Å². The molecule has 4 heteroatoms. The first kappa shape index (κ1) is 25.1. The Hall–Kier alpha value is 0.0543. The summed E-state index contributed by atoms with van der Waals surface area (Å²) in [7, 11) is 0. The van der Waals surface area contributed by atoms with Crippen LogP contribution in [0.3, 0.4) is 0 Å². The summed E-state index contributed by atoms with van der Waals surface area (Å²) in [5, 5.41) is 0. The summed E-state index contributed by atoms with van der Waals surface area (Å²) in [6.45, 7) is 23.8. The van der Waals surface area contributed by atoms with E-state index in [-0.39, 0.29) is 54.8 Å². The molecular formula is C23H35Cl2NTi. The number of aromatic nitrogens is 1. The van der Waals surface area contributed by atoms with Crippen LogP contribution in [0.1, 0.15) is 86.8 Å². The van der Waals surface area contributed by atoms with Gasteiger partial charge in [-0.2, -0.15) is 0 Å². The van der Waals surface area contributed by atoms with Gasteiger partial charge in [-0.05, 0) is 0 Å². The van der Waals surface area contributed by atoms with E-state index >= 15 is 0 Å². The van der Waals surface area contributed by atoms with E-state index in [1.54, 1.807) is 31.9 Å². The van der Waals surface area contributed by atoms with Gasteiger partial charge in [0.05, 0.1) is 0 Å². The van der Waals surface area contributed by atoms with E-state index in [9.17, 15) is 0 Å². The zero-order chi connectivity index (χ0) is 18.9. The molecule has 1 saturated carbocycles. The van der Waals surface area contributed by atoms with Gasteiger partial charge in [-0.25, -0.2) is 0 Å². The number of hydrogen-bond acceptors (Lipinski definition) is 0. The Balaban J connectivity index is 0.00000182. The average molecular weight is 444 g/mol. The van der Waals surface area contributed by atoms with E-state index < -0.39 is 0 Å². The number of aromatic amines is 1. The summed E-state index contributed by atoms with van der Waals surface area (Å²) in [6.07, 6.45) is 3.62. The van der Waals surface area contributed by atoms with Crippen LogP contribution in [0.25, 0.3) is 0 Å². The molecule has 1 nitrogen and oxygen atoms in total. The number of nitrogens with one attached hydrogen (secondary N) is 1. The largest absolute Gasteiger partial charge is 1.00 e. The Labute approximate surface area is 188 Å². The molecule has 3 rings (SSSR count). The zero-order valence-electron chi connectivity index (χ0n) is 18.6. The van der Waals surface area contributed by atoms with Gasteiger partial charge in [0.2, 0.25) is 0 Å².